The van der Waals surface area contributed by atoms with Gasteiger partial charge in [0.05, 0.1) is 18.7 Å². The van der Waals surface area contributed by atoms with E-state index in [9.17, 15) is 13.6 Å². The van der Waals surface area contributed by atoms with Gasteiger partial charge in [0.2, 0.25) is 0 Å². The maximum atomic E-state index is 13.1. The second-order valence-corrected chi connectivity index (χ2v) is 4.97. The molecule has 0 bridgehead atoms. The number of carbonyl (C=O) groups excluding carboxylic acids is 1. The molecule has 5 nitrogen and oxygen atoms in total. The highest BCUT2D eigenvalue weighted by atomic mass is 35.5. The lowest BCUT2D eigenvalue weighted by molar-refractivity contribution is 0.168. The van der Waals surface area contributed by atoms with E-state index in [1.165, 1.54) is 19.2 Å². The topological polar surface area (TPSA) is 56.8 Å². The number of nitrogens with one attached hydrogen (secondary N) is 1. The molecule has 8 heteroatoms. The molecule has 0 saturated carbocycles. The van der Waals surface area contributed by atoms with E-state index in [1.807, 2.05) is 0 Å². The lowest BCUT2D eigenvalue weighted by Crippen LogP contribution is -2.27. The molecule has 1 amide bonds. The van der Waals surface area contributed by atoms with E-state index in [0.29, 0.717) is 11.5 Å². The summed E-state index contributed by atoms with van der Waals surface area (Å²) in [5.41, 5.74) is 0. The van der Waals surface area contributed by atoms with Crippen molar-refractivity contribution >= 4 is 17.7 Å². The molecular formula is C16H14ClF2NO4. The first-order valence-corrected chi connectivity index (χ1v) is 7.24. The van der Waals surface area contributed by atoms with Gasteiger partial charge in [-0.05, 0) is 12.1 Å². The van der Waals surface area contributed by atoms with Crippen molar-refractivity contribution in [1.29, 1.82) is 0 Å². The average Bonchev–Trinajstić information content (AvgIpc) is 2.52. The molecule has 0 aromatic heterocycles. The van der Waals surface area contributed by atoms with Crippen LogP contribution in [0.25, 0.3) is 0 Å². The highest BCUT2D eigenvalue weighted by molar-refractivity contribution is 6.32. The van der Waals surface area contributed by atoms with Gasteiger partial charge in [-0.3, -0.25) is 0 Å². The Bertz CT molecular complexity index is 707. The monoisotopic (exact) mass is 357 g/mol. The van der Waals surface area contributed by atoms with Gasteiger partial charge in [0.15, 0.2) is 0 Å². The molecule has 1 N–H and O–H groups in total. The number of amides is 1. The predicted molar refractivity (Wildman–Crippen MR) is 83.8 cm³/mol. The second-order valence-electron chi connectivity index (χ2n) is 4.57. The predicted octanol–water partition coefficient (Wildman–Crippen LogP) is 4.15. The highest BCUT2D eigenvalue weighted by Gasteiger charge is 2.07. The maximum absolute atomic E-state index is 13.1. The van der Waals surface area contributed by atoms with Gasteiger partial charge in [-0.25, -0.2) is 13.6 Å². The summed E-state index contributed by atoms with van der Waals surface area (Å²) in [6, 6.07) is 7.40. The van der Waals surface area contributed by atoms with Crippen LogP contribution in [0.4, 0.5) is 13.6 Å². The first kappa shape index (κ1) is 17.8. The van der Waals surface area contributed by atoms with Crippen molar-refractivity contribution in [2.75, 3.05) is 20.3 Å². The summed E-state index contributed by atoms with van der Waals surface area (Å²) in [6.45, 7) is 0.425. The molecule has 0 aliphatic rings. The third-order valence-corrected chi connectivity index (χ3v) is 3.08. The maximum Gasteiger partial charge on any atom is 0.406 e. The molecule has 128 valence electrons. The molecule has 0 unspecified atom stereocenters. The molecule has 0 heterocycles. The van der Waals surface area contributed by atoms with E-state index in [2.05, 4.69) is 10.1 Å². The zero-order chi connectivity index (χ0) is 17.5. The van der Waals surface area contributed by atoms with Gasteiger partial charge in [0, 0.05) is 24.3 Å². The second kappa shape index (κ2) is 8.35. The van der Waals surface area contributed by atoms with Crippen molar-refractivity contribution in [2.45, 2.75) is 0 Å². The molecular weight excluding hydrogens is 344 g/mol. The number of rotatable bonds is 6. The Labute approximate surface area is 142 Å². The molecule has 0 atom stereocenters. The quantitative estimate of drug-likeness (QED) is 0.789. The first-order valence-electron chi connectivity index (χ1n) is 6.86. The molecule has 0 aliphatic carbocycles. The zero-order valence-electron chi connectivity index (χ0n) is 12.6. The number of hydrogen-bond acceptors (Lipinski definition) is 4. The molecule has 0 saturated heterocycles. The Morgan fingerprint density at radius 3 is 2.46 bits per heavy atom. The van der Waals surface area contributed by atoms with Crippen LogP contribution in [-0.2, 0) is 4.74 Å². The molecule has 0 fully saturated rings. The number of ether oxygens (including phenoxy) is 3. The van der Waals surface area contributed by atoms with Crippen molar-refractivity contribution in [1.82, 2.24) is 5.32 Å². The average molecular weight is 358 g/mol. The fourth-order valence-electron chi connectivity index (χ4n) is 1.77. The van der Waals surface area contributed by atoms with E-state index in [0.717, 1.165) is 18.2 Å². The van der Waals surface area contributed by atoms with E-state index >= 15 is 0 Å². The number of hydrogen-bond donors (Lipinski definition) is 1. The van der Waals surface area contributed by atoms with Crippen LogP contribution in [0.2, 0.25) is 5.02 Å². The number of alkyl carbamates (subject to hydrolysis) is 1. The molecule has 2 aromatic carbocycles. The van der Waals surface area contributed by atoms with Gasteiger partial charge in [0.25, 0.3) is 0 Å². The smallest absolute Gasteiger partial charge is 0.406 e. The van der Waals surface area contributed by atoms with E-state index in [1.54, 1.807) is 6.07 Å². The number of methoxy groups -OCH3 is 1. The molecule has 2 aromatic rings. The van der Waals surface area contributed by atoms with Gasteiger partial charge >= 0.3 is 6.09 Å². The Kier molecular flexibility index (Phi) is 6.20. The van der Waals surface area contributed by atoms with Gasteiger partial charge in [0.1, 0.15) is 35.5 Å². The largest absolute Gasteiger partial charge is 0.490 e. The van der Waals surface area contributed by atoms with Crippen LogP contribution in [0.3, 0.4) is 0 Å². The lowest BCUT2D eigenvalue weighted by atomic mass is 10.3. The lowest BCUT2D eigenvalue weighted by Gasteiger charge is -2.11. The van der Waals surface area contributed by atoms with Crippen LogP contribution >= 0.6 is 11.6 Å². The minimum Gasteiger partial charge on any atom is -0.490 e. The number of benzene rings is 2. The first-order chi connectivity index (χ1) is 11.5. The SMILES string of the molecule is COC(=O)NCCOc1ccc(Oc2cc(F)cc(F)c2)cc1Cl. The standard InChI is InChI=1S/C16H14ClF2NO4/c1-22-16(21)20-4-5-23-15-3-2-12(9-14(15)17)24-13-7-10(18)6-11(19)8-13/h2-3,6-9H,4-5H2,1H3,(H,20,21). The third kappa shape index (κ3) is 5.27. The zero-order valence-corrected chi connectivity index (χ0v) is 13.4. The van der Waals surface area contributed by atoms with Gasteiger partial charge in [-0.15, -0.1) is 0 Å². The van der Waals surface area contributed by atoms with Crippen LogP contribution < -0.4 is 14.8 Å². The minimum absolute atomic E-state index is 0.0134. The molecule has 0 radical (unpaired) electrons. The van der Waals surface area contributed by atoms with E-state index < -0.39 is 17.7 Å². The van der Waals surface area contributed by atoms with Gasteiger partial charge < -0.3 is 19.5 Å². The summed E-state index contributed by atoms with van der Waals surface area (Å²) in [7, 11) is 1.26. The van der Waals surface area contributed by atoms with Crippen molar-refractivity contribution < 1.29 is 27.8 Å². The summed E-state index contributed by atoms with van der Waals surface area (Å²) in [5, 5.41) is 2.70. The Morgan fingerprint density at radius 1 is 1.12 bits per heavy atom. The van der Waals surface area contributed by atoms with Crippen LogP contribution in [0, 0.1) is 11.6 Å². The van der Waals surface area contributed by atoms with E-state index in [-0.39, 0.29) is 23.9 Å². The van der Waals surface area contributed by atoms with Gasteiger partial charge in [-0.2, -0.15) is 0 Å². The summed E-state index contributed by atoms with van der Waals surface area (Å²) < 4.78 is 41.4. The van der Waals surface area contributed by atoms with Crippen LogP contribution in [-0.4, -0.2) is 26.4 Å². The Hall–Kier alpha value is -2.54. The molecule has 0 spiro atoms. The van der Waals surface area contributed by atoms with Crippen molar-refractivity contribution in [3.8, 4) is 17.2 Å². The summed E-state index contributed by atoms with van der Waals surface area (Å²) >= 11 is 6.06. The molecule has 24 heavy (non-hydrogen) atoms. The number of carbonyl (C=O) groups is 1. The Morgan fingerprint density at radius 2 is 1.83 bits per heavy atom. The van der Waals surface area contributed by atoms with Crippen molar-refractivity contribution in [3.05, 3.63) is 53.1 Å². The van der Waals surface area contributed by atoms with Crippen LogP contribution in [0.1, 0.15) is 0 Å². The fraction of sp³-hybridized carbons (Fsp3) is 0.188. The van der Waals surface area contributed by atoms with E-state index in [4.69, 9.17) is 21.1 Å². The van der Waals surface area contributed by atoms with Crippen molar-refractivity contribution in [3.63, 3.8) is 0 Å². The number of halogens is 3. The Balaban J connectivity index is 1.95. The molecule has 0 aliphatic heterocycles. The highest BCUT2D eigenvalue weighted by Crippen LogP contribution is 2.31. The summed E-state index contributed by atoms with van der Waals surface area (Å²) in [5.74, 6) is -0.797. The van der Waals surface area contributed by atoms with Crippen LogP contribution in [0.15, 0.2) is 36.4 Å². The normalized spacial score (nSPS) is 10.2. The molecule has 2 rings (SSSR count). The summed E-state index contributed by atoms with van der Waals surface area (Å²) in [6.07, 6.45) is -0.559. The fourth-order valence-corrected chi connectivity index (χ4v) is 2.00. The minimum atomic E-state index is -0.742. The van der Waals surface area contributed by atoms with Crippen molar-refractivity contribution in [2.24, 2.45) is 0 Å². The van der Waals surface area contributed by atoms with Crippen LogP contribution in [0.5, 0.6) is 17.2 Å². The third-order valence-electron chi connectivity index (χ3n) is 2.79. The summed E-state index contributed by atoms with van der Waals surface area (Å²) in [4.78, 5) is 10.9. The van der Waals surface area contributed by atoms with Gasteiger partial charge in [-0.1, -0.05) is 11.6 Å².